The van der Waals surface area contributed by atoms with Crippen molar-refractivity contribution >= 4 is 23.2 Å². The molecule has 3 aliphatic rings. The number of fused-ring (bicyclic) bond motifs is 1. The number of aromatic nitrogens is 3. The second kappa shape index (κ2) is 7.05. The largest absolute Gasteiger partial charge is 0.381 e. The van der Waals surface area contributed by atoms with Gasteiger partial charge in [-0.3, -0.25) is 14.5 Å². The van der Waals surface area contributed by atoms with Crippen molar-refractivity contribution in [3.05, 3.63) is 41.5 Å². The van der Waals surface area contributed by atoms with E-state index in [4.69, 9.17) is 4.74 Å². The van der Waals surface area contributed by atoms with Crippen LogP contribution in [0.1, 0.15) is 23.2 Å². The van der Waals surface area contributed by atoms with Crippen molar-refractivity contribution in [3.8, 4) is 0 Å². The van der Waals surface area contributed by atoms with E-state index in [0.29, 0.717) is 13.2 Å². The van der Waals surface area contributed by atoms with Crippen molar-refractivity contribution in [1.29, 1.82) is 0 Å². The predicted molar refractivity (Wildman–Crippen MR) is 107 cm³/mol. The summed E-state index contributed by atoms with van der Waals surface area (Å²) in [5.74, 6) is 0.317. The van der Waals surface area contributed by atoms with Crippen LogP contribution in [-0.4, -0.2) is 65.0 Å². The first-order valence-electron chi connectivity index (χ1n) is 9.98. The minimum absolute atomic E-state index is 0.0571. The van der Waals surface area contributed by atoms with Crippen LogP contribution in [0.5, 0.6) is 0 Å². The number of carbonyl (C=O) groups excluding carboxylic acids is 1. The topological polar surface area (TPSA) is 63.5 Å². The Morgan fingerprint density at radius 2 is 2.11 bits per heavy atom. The Kier molecular flexibility index (Phi) is 4.39. The molecule has 2 fully saturated rings. The smallest absolute Gasteiger partial charge is 0.228 e. The van der Waals surface area contributed by atoms with Gasteiger partial charge in [0.15, 0.2) is 0 Å². The van der Waals surface area contributed by atoms with Crippen molar-refractivity contribution < 1.29 is 9.53 Å². The standard InChI is InChI=1S/C21H25N5O2/c1-24-13-17(12-23-24)16-10-18-19(11-16)22-4-2-20(18)25-5-7-26(8-6-25)21(27)15-3-9-28-14-15/h2,4,10,12-13,15H,3,5-9,11,14H2,1H3/t15-/m1/s1. The molecule has 2 aromatic rings. The molecule has 0 saturated carbocycles. The van der Waals surface area contributed by atoms with Crippen LogP contribution in [0.3, 0.4) is 0 Å². The summed E-state index contributed by atoms with van der Waals surface area (Å²) >= 11 is 0. The predicted octanol–water partition coefficient (Wildman–Crippen LogP) is 1.60. The third-order valence-corrected chi connectivity index (χ3v) is 6.01. The fraction of sp³-hybridized carbons (Fsp3) is 0.476. The van der Waals surface area contributed by atoms with Gasteiger partial charge in [-0.15, -0.1) is 0 Å². The van der Waals surface area contributed by atoms with E-state index in [9.17, 15) is 4.79 Å². The molecule has 1 atom stereocenters. The maximum Gasteiger partial charge on any atom is 0.228 e. The van der Waals surface area contributed by atoms with Crippen LogP contribution < -0.4 is 4.90 Å². The summed E-state index contributed by atoms with van der Waals surface area (Å²) in [6.45, 7) is 4.54. The van der Waals surface area contributed by atoms with Gasteiger partial charge >= 0.3 is 0 Å². The molecule has 0 aromatic carbocycles. The Hall–Kier alpha value is -2.67. The molecule has 5 rings (SSSR count). The zero-order chi connectivity index (χ0) is 19.1. The first-order chi connectivity index (χ1) is 13.7. The Morgan fingerprint density at radius 3 is 2.82 bits per heavy atom. The lowest BCUT2D eigenvalue weighted by Gasteiger charge is -2.37. The molecule has 4 heterocycles. The number of aryl methyl sites for hydroxylation is 1. The molecule has 0 bridgehead atoms. The highest BCUT2D eigenvalue weighted by Crippen LogP contribution is 2.36. The Morgan fingerprint density at radius 1 is 1.25 bits per heavy atom. The summed E-state index contributed by atoms with van der Waals surface area (Å²) in [5.41, 5.74) is 5.97. The molecule has 2 aromatic heterocycles. The second-order valence-corrected chi connectivity index (χ2v) is 7.81. The first-order valence-corrected chi connectivity index (χ1v) is 9.98. The SMILES string of the molecule is Cn1cc(C2=Cc3c(N4CCN(C(=O)[C@@H]5CCOC5)CC4)ccnc3C2)cn1. The number of ether oxygens (including phenoxy) is 1. The maximum absolute atomic E-state index is 12.6. The Bertz CT molecular complexity index is 921. The number of piperazine rings is 1. The molecule has 0 radical (unpaired) electrons. The molecule has 7 heteroatoms. The van der Waals surface area contributed by atoms with Gasteiger partial charge in [-0.25, -0.2) is 0 Å². The third kappa shape index (κ3) is 3.09. The fourth-order valence-corrected chi connectivity index (χ4v) is 4.41. The number of anilines is 1. The number of amides is 1. The van der Waals surface area contributed by atoms with E-state index in [1.807, 2.05) is 29.0 Å². The molecule has 1 amide bonds. The van der Waals surface area contributed by atoms with E-state index in [0.717, 1.165) is 50.3 Å². The normalized spacial score (nSPS) is 21.8. The number of rotatable bonds is 3. The minimum atomic E-state index is 0.0571. The quantitative estimate of drug-likeness (QED) is 0.811. The summed E-state index contributed by atoms with van der Waals surface area (Å²) < 4.78 is 7.21. The van der Waals surface area contributed by atoms with Crippen LogP contribution in [0.15, 0.2) is 24.7 Å². The summed E-state index contributed by atoms with van der Waals surface area (Å²) in [5, 5.41) is 4.29. The third-order valence-electron chi connectivity index (χ3n) is 6.01. The van der Waals surface area contributed by atoms with Crippen LogP contribution in [0, 0.1) is 5.92 Å². The maximum atomic E-state index is 12.6. The van der Waals surface area contributed by atoms with Gasteiger partial charge in [-0.05, 0) is 24.1 Å². The van der Waals surface area contributed by atoms with Crippen LogP contribution in [-0.2, 0) is 23.0 Å². The molecule has 28 heavy (non-hydrogen) atoms. The lowest BCUT2D eigenvalue weighted by molar-refractivity contribution is -0.135. The van der Waals surface area contributed by atoms with Crippen LogP contribution in [0.25, 0.3) is 11.6 Å². The number of allylic oxidation sites excluding steroid dienone is 1. The molecule has 1 aliphatic carbocycles. The molecular formula is C21H25N5O2. The Balaban J connectivity index is 1.32. The molecule has 0 N–H and O–H groups in total. The number of carbonyl (C=O) groups is 1. The molecule has 0 spiro atoms. The van der Waals surface area contributed by atoms with E-state index in [-0.39, 0.29) is 11.8 Å². The summed E-state index contributed by atoms with van der Waals surface area (Å²) in [4.78, 5) is 21.6. The van der Waals surface area contributed by atoms with Gasteiger partial charge in [0.05, 0.1) is 24.4 Å². The van der Waals surface area contributed by atoms with Gasteiger partial charge in [0.2, 0.25) is 5.91 Å². The zero-order valence-corrected chi connectivity index (χ0v) is 16.2. The molecule has 0 unspecified atom stereocenters. The van der Waals surface area contributed by atoms with Gasteiger partial charge in [-0.1, -0.05) is 0 Å². The van der Waals surface area contributed by atoms with E-state index in [2.05, 4.69) is 33.3 Å². The van der Waals surface area contributed by atoms with Crippen LogP contribution in [0.2, 0.25) is 0 Å². The van der Waals surface area contributed by atoms with Crippen molar-refractivity contribution in [1.82, 2.24) is 19.7 Å². The highest BCUT2D eigenvalue weighted by atomic mass is 16.5. The van der Waals surface area contributed by atoms with Crippen molar-refractivity contribution in [3.63, 3.8) is 0 Å². The van der Waals surface area contributed by atoms with E-state index >= 15 is 0 Å². The highest BCUT2D eigenvalue weighted by molar-refractivity contribution is 5.91. The molecule has 2 saturated heterocycles. The number of hydrogen-bond donors (Lipinski definition) is 0. The van der Waals surface area contributed by atoms with E-state index in [1.54, 1.807) is 0 Å². The van der Waals surface area contributed by atoms with Crippen molar-refractivity contribution in [2.24, 2.45) is 13.0 Å². The fourth-order valence-electron chi connectivity index (χ4n) is 4.41. The first kappa shape index (κ1) is 17.4. The monoisotopic (exact) mass is 379 g/mol. The lowest BCUT2D eigenvalue weighted by Crippen LogP contribution is -2.50. The van der Waals surface area contributed by atoms with Crippen LogP contribution in [0.4, 0.5) is 5.69 Å². The van der Waals surface area contributed by atoms with E-state index < -0.39 is 0 Å². The van der Waals surface area contributed by atoms with Gasteiger partial charge in [0, 0.05) is 75.5 Å². The molecule has 146 valence electrons. The van der Waals surface area contributed by atoms with Gasteiger partial charge < -0.3 is 14.5 Å². The van der Waals surface area contributed by atoms with Crippen LogP contribution >= 0.6 is 0 Å². The summed E-state index contributed by atoms with van der Waals surface area (Å²) in [7, 11) is 1.94. The number of pyridine rings is 1. The lowest BCUT2D eigenvalue weighted by atomic mass is 10.1. The van der Waals surface area contributed by atoms with Gasteiger partial charge in [0.1, 0.15) is 0 Å². The highest BCUT2D eigenvalue weighted by Gasteiger charge is 2.31. The number of hydrogen-bond acceptors (Lipinski definition) is 5. The molecular weight excluding hydrogens is 354 g/mol. The van der Waals surface area contributed by atoms with Gasteiger partial charge in [0.25, 0.3) is 0 Å². The van der Waals surface area contributed by atoms with Crippen molar-refractivity contribution in [2.45, 2.75) is 12.8 Å². The second-order valence-electron chi connectivity index (χ2n) is 7.81. The average molecular weight is 379 g/mol. The van der Waals surface area contributed by atoms with Crippen molar-refractivity contribution in [2.75, 3.05) is 44.3 Å². The average Bonchev–Trinajstić information content (AvgIpc) is 3.47. The number of nitrogens with zero attached hydrogens (tertiary/aromatic N) is 5. The molecule has 7 nitrogen and oxygen atoms in total. The minimum Gasteiger partial charge on any atom is -0.381 e. The van der Waals surface area contributed by atoms with Gasteiger partial charge in [-0.2, -0.15) is 5.10 Å². The molecule has 2 aliphatic heterocycles. The summed E-state index contributed by atoms with van der Waals surface area (Å²) in [6, 6.07) is 2.10. The summed E-state index contributed by atoms with van der Waals surface area (Å²) in [6.07, 6.45) is 9.82. The van der Waals surface area contributed by atoms with E-state index in [1.165, 1.54) is 16.8 Å². The Labute approximate surface area is 164 Å². The zero-order valence-electron chi connectivity index (χ0n) is 16.2.